The lowest BCUT2D eigenvalue weighted by atomic mass is 9.85. The van der Waals surface area contributed by atoms with Crippen LogP contribution in [0.3, 0.4) is 0 Å². The first-order chi connectivity index (χ1) is 9.16. The summed E-state index contributed by atoms with van der Waals surface area (Å²) in [6.07, 6.45) is 0.323. The maximum Gasteiger partial charge on any atom is 0.303 e. The van der Waals surface area contributed by atoms with Gasteiger partial charge in [-0.15, -0.1) is 0 Å². The Kier molecular flexibility index (Phi) is 5.09. The third kappa shape index (κ3) is 3.27. The van der Waals surface area contributed by atoms with Crippen molar-refractivity contribution in [3.63, 3.8) is 0 Å². The highest BCUT2D eigenvalue weighted by atomic mass is 16.4. The number of benzene rings is 1. The molecule has 0 aliphatic heterocycles. The number of carbonyl (C=O) groups is 2. The van der Waals surface area contributed by atoms with Crippen LogP contribution < -0.4 is 0 Å². The predicted octanol–water partition coefficient (Wildman–Crippen LogP) is 3.91. The highest BCUT2D eigenvalue weighted by Crippen LogP contribution is 2.28. The van der Waals surface area contributed by atoms with Gasteiger partial charge in [0.05, 0.1) is 0 Å². The predicted molar refractivity (Wildman–Crippen MR) is 80.5 cm³/mol. The number of rotatable bonds is 5. The lowest BCUT2D eigenvalue weighted by Gasteiger charge is -2.18. The van der Waals surface area contributed by atoms with E-state index in [4.69, 9.17) is 5.11 Å². The van der Waals surface area contributed by atoms with Crippen molar-refractivity contribution in [2.75, 3.05) is 0 Å². The van der Waals surface area contributed by atoms with Gasteiger partial charge in [-0.2, -0.15) is 0 Å². The summed E-state index contributed by atoms with van der Waals surface area (Å²) in [6.45, 7) is 11.9. The van der Waals surface area contributed by atoms with Gasteiger partial charge in [-0.25, -0.2) is 0 Å². The fraction of sp³-hybridized carbons (Fsp3) is 0.529. The van der Waals surface area contributed by atoms with Crippen LogP contribution in [0.15, 0.2) is 0 Å². The minimum Gasteiger partial charge on any atom is -0.481 e. The molecule has 3 nitrogen and oxygen atoms in total. The summed E-state index contributed by atoms with van der Waals surface area (Å²) in [5, 5.41) is 8.79. The quantitative estimate of drug-likeness (QED) is 0.829. The highest BCUT2D eigenvalue weighted by Gasteiger charge is 2.20. The largest absolute Gasteiger partial charge is 0.481 e. The lowest BCUT2D eigenvalue weighted by molar-refractivity contribution is -0.137. The van der Waals surface area contributed by atoms with Gasteiger partial charge in [0.25, 0.3) is 0 Å². The van der Waals surface area contributed by atoms with Crippen LogP contribution in [0.5, 0.6) is 0 Å². The van der Waals surface area contributed by atoms with Crippen molar-refractivity contribution < 1.29 is 14.7 Å². The first-order valence-electron chi connectivity index (χ1n) is 6.98. The SMILES string of the molecule is Cc1c(C)c(C)c(C(=O)C[C@H](C)CC(=O)O)c(C)c1C. The van der Waals surface area contributed by atoms with Gasteiger partial charge in [0.1, 0.15) is 0 Å². The zero-order chi connectivity index (χ0) is 15.6. The van der Waals surface area contributed by atoms with Crippen molar-refractivity contribution in [2.45, 2.75) is 54.4 Å². The molecule has 1 atom stereocenters. The molecule has 1 N–H and O–H groups in total. The number of Topliss-reactive ketones (excluding diaryl/α,β-unsaturated/α-hetero) is 1. The molecule has 110 valence electrons. The third-order valence-electron chi connectivity index (χ3n) is 4.34. The second-order valence-electron chi connectivity index (χ2n) is 5.83. The van der Waals surface area contributed by atoms with E-state index in [0.29, 0.717) is 0 Å². The van der Waals surface area contributed by atoms with Crippen molar-refractivity contribution in [3.8, 4) is 0 Å². The van der Waals surface area contributed by atoms with Gasteiger partial charge in [0.15, 0.2) is 5.78 Å². The Morgan fingerprint density at radius 2 is 1.25 bits per heavy atom. The summed E-state index contributed by atoms with van der Waals surface area (Å²) < 4.78 is 0. The molecule has 1 rings (SSSR count). The molecule has 0 spiro atoms. The van der Waals surface area contributed by atoms with E-state index in [1.54, 1.807) is 0 Å². The summed E-state index contributed by atoms with van der Waals surface area (Å²) in [7, 11) is 0. The number of hydrogen-bond donors (Lipinski definition) is 1. The van der Waals surface area contributed by atoms with E-state index >= 15 is 0 Å². The average Bonchev–Trinajstić information content (AvgIpc) is 2.33. The van der Waals surface area contributed by atoms with Crippen LogP contribution in [0.1, 0.15) is 57.9 Å². The Balaban J connectivity index is 3.14. The Morgan fingerprint density at radius 1 is 0.850 bits per heavy atom. The highest BCUT2D eigenvalue weighted by molar-refractivity contribution is 6.00. The maximum absolute atomic E-state index is 12.5. The number of aliphatic carboxylic acids is 1. The van der Waals surface area contributed by atoms with Crippen LogP contribution in [-0.2, 0) is 4.79 Å². The fourth-order valence-corrected chi connectivity index (χ4v) is 2.71. The fourth-order valence-electron chi connectivity index (χ4n) is 2.71. The molecule has 1 aromatic carbocycles. The molecule has 20 heavy (non-hydrogen) atoms. The van der Waals surface area contributed by atoms with Gasteiger partial charge in [-0.3, -0.25) is 9.59 Å². The molecule has 3 heteroatoms. The van der Waals surface area contributed by atoms with E-state index in [1.807, 2.05) is 34.6 Å². The molecular formula is C17H24O3. The summed E-state index contributed by atoms with van der Waals surface area (Å²) >= 11 is 0. The van der Waals surface area contributed by atoms with Crippen LogP contribution in [0, 0.1) is 40.5 Å². The first-order valence-corrected chi connectivity index (χ1v) is 6.98. The normalized spacial score (nSPS) is 12.3. The Bertz CT molecular complexity index is 527. The zero-order valence-corrected chi connectivity index (χ0v) is 13.3. The third-order valence-corrected chi connectivity index (χ3v) is 4.34. The minimum absolute atomic E-state index is 0.0354. The molecule has 0 amide bonds. The molecule has 0 saturated heterocycles. The van der Waals surface area contributed by atoms with Crippen molar-refractivity contribution in [2.24, 2.45) is 5.92 Å². The van der Waals surface area contributed by atoms with E-state index in [0.717, 1.165) is 27.8 Å². The van der Waals surface area contributed by atoms with Gasteiger partial charge in [0, 0.05) is 18.4 Å². The summed E-state index contributed by atoms with van der Waals surface area (Å²) in [6, 6.07) is 0. The molecule has 0 unspecified atom stereocenters. The average molecular weight is 276 g/mol. The lowest BCUT2D eigenvalue weighted by Crippen LogP contribution is -2.14. The monoisotopic (exact) mass is 276 g/mol. The first kappa shape index (κ1) is 16.4. The van der Waals surface area contributed by atoms with Gasteiger partial charge >= 0.3 is 5.97 Å². The maximum atomic E-state index is 12.5. The molecule has 0 saturated carbocycles. The van der Waals surface area contributed by atoms with E-state index in [-0.39, 0.29) is 24.5 Å². The molecule has 1 aromatic rings. The molecule has 0 aliphatic rings. The number of hydrogen-bond acceptors (Lipinski definition) is 2. The number of carboxylic acids is 1. The number of carboxylic acid groups (broad SMARTS) is 1. The van der Waals surface area contributed by atoms with Gasteiger partial charge in [-0.1, -0.05) is 6.92 Å². The number of carbonyl (C=O) groups excluding carboxylic acids is 1. The molecular weight excluding hydrogens is 252 g/mol. The Hall–Kier alpha value is -1.64. The van der Waals surface area contributed by atoms with Crippen molar-refractivity contribution >= 4 is 11.8 Å². The summed E-state index contributed by atoms with van der Waals surface area (Å²) in [4.78, 5) is 23.2. The summed E-state index contributed by atoms with van der Waals surface area (Å²) in [5.74, 6) is -0.935. The zero-order valence-electron chi connectivity index (χ0n) is 13.3. The standard InChI is InChI=1S/C17H24O3/c1-9(8-16(19)20)7-15(18)17-13(5)11(3)10(2)12(4)14(17)6/h9H,7-8H2,1-6H3,(H,19,20)/t9-/m0/s1. The van der Waals surface area contributed by atoms with Gasteiger partial charge < -0.3 is 5.11 Å². The molecule has 0 aliphatic carbocycles. The second-order valence-corrected chi connectivity index (χ2v) is 5.83. The second kappa shape index (κ2) is 6.21. The molecule has 0 aromatic heterocycles. The van der Waals surface area contributed by atoms with E-state index < -0.39 is 5.97 Å². The topological polar surface area (TPSA) is 54.4 Å². The van der Waals surface area contributed by atoms with E-state index in [2.05, 4.69) is 6.92 Å². The molecule has 0 heterocycles. The molecule has 0 fully saturated rings. The van der Waals surface area contributed by atoms with Crippen LogP contribution in [0.2, 0.25) is 0 Å². The molecule has 0 radical (unpaired) electrons. The van der Waals surface area contributed by atoms with Crippen LogP contribution in [0.25, 0.3) is 0 Å². The number of ketones is 1. The summed E-state index contributed by atoms with van der Waals surface area (Å²) in [5.41, 5.74) is 6.37. The van der Waals surface area contributed by atoms with Crippen LogP contribution >= 0.6 is 0 Å². The van der Waals surface area contributed by atoms with Crippen molar-refractivity contribution in [3.05, 3.63) is 33.4 Å². The van der Waals surface area contributed by atoms with Crippen molar-refractivity contribution in [1.29, 1.82) is 0 Å². The Morgan fingerprint density at radius 3 is 1.65 bits per heavy atom. The van der Waals surface area contributed by atoms with Gasteiger partial charge in [0.2, 0.25) is 0 Å². The smallest absolute Gasteiger partial charge is 0.303 e. The van der Waals surface area contributed by atoms with E-state index in [9.17, 15) is 9.59 Å². The Labute approximate surface area is 121 Å². The van der Waals surface area contributed by atoms with Gasteiger partial charge in [-0.05, 0) is 68.4 Å². The molecule has 0 bridgehead atoms. The van der Waals surface area contributed by atoms with Crippen LogP contribution in [0.4, 0.5) is 0 Å². The van der Waals surface area contributed by atoms with Crippen molar-refractivity contribution in [1.82, 2.24) is 0 Å². The van der Waals surface area contributed by atoms with E-state index in [1.165, 1.54) is 5.56 Å². The minimum atomic E-state index is -0.852. The van der Waals surface area contributed by atoms with Crippen LogP contribution in [-0.4, -0.2) is 16.9 Å².